The number of benzene rings is 3. The molecule has 10 nitrogen and oxygen atoms in total. The molecule has 0 aliphatic rings. The van der Waals surface area contributed by atoms with Gasteiger partial charge in [0.1, 0.15) is 17.3 Å². The Morgan fingerprint density at radius 2 is 1.78 bits per heavy atom. The van der Waals surface area contributed by atoms with E-state index < -0.39 is 0 Å². The first-order chi connectivity index (χ1) is 19.8. The van der Waals surface area contributed by atoms with Gasteiger partial charge in [0, 0.05) is 31.9 Å². The van der Waals surface area contributed by atoms with Gasteiger partial charge in [-0.15, -0.1) is 0 Å². The highest BCUT2D eigenvalue weighted by Gasteiger charge is 2.23. The summed E-state index contributed by atoms with van der Waals surface area (Å²) in [6.07, 6.45) is 0.549. The van der Waals surface area contributed by atoms with Gasteiger partial charge >= 0.3 is 0 Å². The van der Waals surface area contributed by atoms with Crippen molar-refractivity contribution in [3.8, 4) is 11.5 Å². The molecule has 0 radical (unpaired) electrons. The van der Waals surface area contributed by atoms with Crippen LogP contribution in [0.1, 0.15) is 25.7 Å². The lowest BCUT2D eigenvalue weighted by Crippen LogP contribution is -2.39. The monoisotopic (exact) mass is 564 g/mol. The molecule has 218 valence electrons. The van der Waals surface area contributed by atoms with Gasteiger partial charge < -0.3 is 30.4 Å². The quantitative estimate of drug-likeness (QED) is 0.174. The first kappa shape index (κ1) is 30.9. The van der Waals surface area contributed by atoms with Crippen molar-refractivity contribution in [1.82, 2.24) is 15.0 Å². The summed E-state index contributed by atoms with van der Waals surface area (Å²) in [4.78, 5) is 30.0. The smallest absolute Gasteiger partial charge is 0.280 e. The lowest BCUT2D eigenvalue weighted by Gasteiger charge is -2.30. The molecule has 1 amide bonds. The summed E-state index contributed by atoms with van der Waals surface area (Å²) in [5.41, 5.74) is 5.27. The molecule has 0 saturated heterocycles. The largest absolute Gasteiger partial charge is 0.497 e. The van der Waals surface area contributed by atoms with Crippen molar-refractivity contribution in [3.63, 3.8) is 0 Å². The van der Waals surface area contributed by atoms with Gasteiger partial charge in [-0.2, -0.15) is 0 Å². The van der Waals surface area contributed by atoms with Gasteiger partial charge in [0.2, 0.25) is 6.41 Å². The Kier molecular flexibility index (Phi) is 11.5. The fourth-order valence-electron chi connectivity index (χ4n) is 4.09. The van der Waals surface area contributed by atoms with Crippen LogP contribution in [0.15, 0.2) is 71.5 Å². The van der Waals surface area contributed by atoms with E-state index in [0.29, 0.717) is 46.9 Å². The minimum absolute atomic E-state index is 0.112. The molecule has 0 saturated carbocycles. The third-order valence-corrected chi connectivity index (χ3v) is 6.41. The number of halogens is 1. The van der Waals surface area contributed by atoms with E-state index in [1.54, 1.807) is 25.0 Å². The average molecular weight is 565 g/mol. The molecule has 3 N–H and O–H groups in total. The number of para-hydroxylation sites is 1. The molecule has 1 aromatic heterocycles. The first-order valence-corrected chi connectivity index (χ1v) is 13.2. The normalized spacial score (nSPS) is 11.2. The second-order valence-corrected chi connectivity index (χ2v) is 8.98. The second-order valence-electron chi connectivity index (χ2n) is 8.98. The SMILES string of the molecule is CCNCCNn1c(C(C)N(C)c2ccc(OC)cc2OC)nc2ccccc2c1=O.O=CNc1ccc(F)cc1. The van der Waals surface area contributed by atoms with Gasteiger partial charge in [0.05, 0.1) is 36.9 Å². The molecule has 4 aromatic rings. The summed E-state index contributed by atoms with van der Waals surface area (Å²) in [5.74, 6) is 1.72. The Hall–Kier alpha value is -4.64. The third kappa shape index (κ3) is 7.95. The highest BCUT2D eigenvalue weighted by atomic mass is 19.1. The number of hydrogen-bond donors (Lipinski definition) is 3. The highest BCUT2D eigenvalue weighted by Crippen LogP contribution is 2.35. The molecule has 0 aliphatic heterocycles. The van der Waals surface area contributed by atoms with E-state index in [-0.39, 0.29) is 17.4 Å². The number of anilines is 2. The Balaban J connectivity index is 0.000000389. The Morgan fingerprint density at radius 3 is 2.44 bits per heavy atom. The number of ether oxygens (including phenoxy) is 2. The molecule has 0 spiro atoms. The maximum absolute atomic E-state index is 13.3. The van der Waals surface area contributed by atoms with Crippen LogP contribution in [0.4, 0.5) is 15.8 Å². The number of nitrogens with zero attached hydrogens (tertiary/aromatic N) is 3. The standard InChI is InChI=1S/C23H31N5O3.C7H6FNO/c1-6-24-13-14-25-28-22(26-19-10-8-7-9-18(19)23(28)29)16(2)27(3)20-12-11-17(30-4)15-21(20)31-5;8-6-1-3-7(4-2-6)9-5-10/h7-12,15-16,24-25H,6,13-14H2,1-5H3;1-5H,(H,9,10). The van der Waals surface area contributed by atoms with Crippen LogP contribution >= 0.6 is 0 Å². The Morgan fingerprint density at radius 1 is 1.05 bits per heavy atom. The zero-order chi connectivity index (χ0) is 29.8. The van der Waals surface area contributed by atoms with Crippen molar-refractivity contribution >= 4 is 28.7 Å². The molecule has 41 heavy (non-hydrogen) atoms. The van der Waals surface area contributed by atoms with Gasteiger partial charge in [-0.25, -0.2) is 14.1 Å². The molecular formula is C30H37FN6O4. The predicted octanol–water partition coefficient (Wildman–Crippen LogP) is 4.16. The Labute approximate surface area is 239 Å². The molecule has 1 heterocycles. The minimum Gasteiger partial charge on any atom is -0.497 e. The maximum Gasteiger partial charge on any atom is 0.280 e. The number of carbonyl (C=O) groups is 1. The average Bonchev–Trinajstić information content (AvgIpc) is 3.00. The number of rotatable bonds is 12. The zero-order valence-corrected chi connectivity index (χ0v) is 24.0. The number of nitrogens with one attached hydrogen (secondary N) is 3. The lowest BCUT2D eigenvalue weighted by molar-refractivity contribution is -0.105. The van der Waals surface area contributed by atoms with Crippen molar-refractivity contribution in [2.75, 3.05) is 56.5 Å². The topological polar surface area (TPSA) is 110 Å². The highest BCUT2D eigenvalue weighted by molar-refractivity contribution is 5.77. The van der Waals surface area contributed by atoms with E-state index >= 15 is 0 Å². The van der Waals surface area contributed by atoms with Crippen LogP contribution in [0.2, 0.25) is 0 Å². The number of hydrogen-bond acceptors (Lipinski definition) is 8. The van der Waals surface area contributed by atoms with Gasteiger partial charge in [-0.1, -0.05) is 19.1 Å². The summed E-state index contributed by atoms with van der Waals surface area (Å²) in [6, 6.07) is 18.4. The molecule has 1 atom stereocenters. The van der Waals surface area contributed by atoms with Crippen LogP contribution < -0.4 is 36.0 Å². The summed E-state index contributed by atoms with van der Waals surface area (Å²) in [6.45, 7) is 6.28. The minimum atomic E-state index is -0.309. The molecule has 11 heteroatoms. The van der Waals surface area contributed by atoms with E-state index in [2.05, 4.69) is 23.0 Å². The maximum atomic E-state index is 13.3. The van der Waals surface area contributed by atoms with Gasteiger partial charge in [0.25, 0.3) is 5.56 Å². The fraction of sp³-hybridized carbons (Fsp3) is 0.300. The zero-order valence-electron chi connectivity index (χ0n) is 24.0. The number of methoxy groups -OCH3 is 2. The summed E-state index contributed by atoms with van der Waals surface area (Å²) >= 11 is 0. The fourth-order valence-corrected chi connectivity index (χ4v) is 4.09. The van der Waals surface area contributed by atoms with Crippen molar-refractivity contribution in [2.24, 2.45) is 0 Å². The summed E-state index contributed by atoms with van der Waals surface area (Å²) < 4.78 is 24.7. The molecule has 0 fully saturated rings. The van der Waals surface area contributed by atoms with E-state index in [0.717, 1.165) is 18.8 Å². The van der Waals surface area contributed by atoms with Crippen molar-refractivity contribution in [1.29, 1.82) is 0 Å². The summed E-state index contributed by atoms with van der Waals surface area (Å²) in [7, 11) is 5.21. The lowest BCUT2D eigenvalue weighted by atomic mass is 10.2. The van der Waals surface area contributed by atoms with Crippen LogP contribution in [0.5, 0.6) is 11.5 Å². The van der Waals surface area contributed by atoms with Gasteiger partial charge in [-0.05, 0) is 62.0 Å². The molecule has 1 unspecified atom stereocenters. The number of fused-ring (bicyclic) bond motifs is 1. The number of carbonyl (C=O) groups excluding carboxylic acids is 1. The number of aromatic nitrogens is 2. The van der Waals surface area contributed by atoms with Gasteiger partial charge in [0.15, 0.2) is 5.82 Å². The third-order valence-electron chi connectivity index (χ3n) is 6.41. The van der Waals surface area contributed by atoms with E-state index in [9.17, 15) is 14.0 Å². The second kappa shape index (κ2) is 15.2. The molecular weight excluding hydrogens is 527 g/mol. The summed E-state index contributed by atoms with van der Waals surface area (Å²) in [5, 5.41) is 6.23. The molecule has 4 rings (SSSR count). The van der Waals surface area contributed by atoms with E-state index in [1.807, 2.05) is 55.3 Å². The van der Waals surface area contributed by atoms with E-state index in [1.165, 1.54) is 24.3 Å². The molecule has 0 aliphatic carbocycles. The van der Waals surface area contributed by atoms with Crippen LogP contribution in [-0.4, -0.2) is 57.0 Å². The number of amides is 1. The van der Waals surface area contributed by atoms with Gasteiger partial charge in [-0.3, -0.25) is 9.59 Å². The Bertz CT molecular complexity index is 1480. The predicted molar refractivity (Wildman–Crippen MR) is 161 cm³/mol. The van der Waals surface area contributed by atoms with E-state index in [4.69, 9.17) is 14.5 Å². The molecule has 0 bridgehead atoms. The first-order valence-electron chi connectivity index (χ1n) is 13.2. The van der Waals surface area contributed by atoms with Crippen LogP contribution in [0.3, 0.4) is 0 Å². The molecule has 3 aromatic carbocycles. The van der Waals surface area contributed by atoms with Crippen LogP contribution in [0.25, 0.3) is 10.9 Å². The van der Waals surface area contributed by atoms with Crippen molar-refractivity contribution < 1.29 is 18.7 Å². The van der Waals surface area contributed by atoms with Crippen molar-refractivity contribution in [3.05, 3.63) is 88.7 Å². The number of likely N-dealkylation sites (N-methyl/N-ethyl adjacent to an activating group) is 1. The van der Waals surface area contributed by atoms with Crippen LogP contribution in [0, 0.1) is 5.82 Å². The van der Waals surface area contributed by atoms with Crippen LogP contribution in [-0.2, 0) is 4.79 Å². The van der Waals surface area contributed by atoms with Crippen molar-refractivity contribution in [2.45, 2.75) is 19.9 Å².